The van der Waals surface area contributed by atoms with Gasteiger partial charge in [0.2, 0.25) is 5.91 Å². The summed E-state index contributed by atoms with van der Waals surface area (Å²) in [5.41, 5.74) is 0. The lowest BCUT2D eigenvalue weighted by Crippen LogP contribution is -2.58. The third kappa shape index (κ3) is 5.17. The lowest BCUT2D eigenvalue weighted by molar-refractivity contribution is -0.136. The van der Waals surface area contributed by atoms with Crippen molar-refractivity contribution in [1.29, 1.82) is 0 Å². The van der Waals surface area contributed by atoms with E-state index in [0.717, 1.165) is 44.1 Å². The summed E-state index contributed by atoms with van der Waals surface area (Å²) in [6, 6.07) is 2.07. The first-order chi connectivity index (χ1) is 15.0. The number of morpholine rings is 1. The highest BCUT2D eigenvalue weighted by Crippen LogP contribution is 2.22. The molecule has 1 atom stereocenters. The van der Waals surface area contributed by atoms with Gasteiger partial charge in [-0.05, 0) is 26.7 Å². The monoisotopic (exact) mass is 431 g/mol. The van der Waals surface area contributed by atoms with Crippen molar-refractivity contribution >= 4 is 23.6 Å². The van der Waals surface area contributed by atoms with Crippen molar-refractivity contribution in [3.8, 4) is 0 Å². The van der Waals surface area contributed by atoms with Crippen LogP contribution in [-0.2, 0) is 9.53 Å². The average molecular weight is 432 g/mol. The fourth-order valence-electron chi connectivity index (χ4n) is 4.45. The van der Waals surface area contributed by atoms with E-state index in [2.05, 4.69) is 25.1 Å². The van der Waals surface area contributed by atoms with Crippen LogP contribution in [0.25, 0.3) is 0 Å². The van der Waals surface area contributed by atoms with Gasteiger partial charge in [-0.3, -0.25) is 4.79 Å². The highest BCUT2D eigenvalue weighted by atomic mass is 16.5. The van der Waals surface area contributed by atoms with E-state index >= 15 is 0 Å². The second kappa shape index (κ2) is 9.67. The smallest absolute Gasteiger partial charge is 0.318 e. The normalized spacial score (nSPS) is 22.8. The van der Waals surface area contributed by atoms with E-state index in [1.165, 1.54) is 0 Å². The second-order valence-electron chi connectivity index (χ2n) is 8.67. The number of piperidine rings is 1. The fraction of sp³-hybridized carbons (Fsp3) is 0.714. The minimum atomic E-state index is -0.153. The Morgan fingerprint density at radius 2 is 1.84 bits per heavy atom. The van der Waals surface area contributed by atoms with Crippen LogP contribution >= 0.6 is 0 Å². The number of urea groups is 1. The first-order valence-corrected chi connectivity index (χ1v) is 11.3. The topological polar surface area (TPSA) is 94.1 Å². The number of carbonyl (C=O) groups excluding carboxylic acids is 2. The van der Waals surface area contributed by atoms with Crippen LogP contribution < -0.4 is 15.1 Å². The van der Waals surface area contributed by atoms with Crippen molar-refractivity contribution in [2.45, 2.75) is 38.8 Å². The third-order valence-electron chi connectivity index (χ3n) is 6.21. The molecule has 1 unspecified atom stereocenters. The molecule has 1 N–H and O–H groups in total. The van der Waals surface area contributed by atoms with Crippen molar-refractivity contribution in [2.75, 3.05) is 68.8 Å². The number of nitrogens with one attached hydrogen (secondary N) is 1. The van der Waals surface area contributed by atoms with Gasteiger partial charge in [0.15, 0.2) is 0 Å². The van der Waals surface area contributed by atoms with Crippen LogP contribution in [0.2, 0.25) is 0 Å². The fourth-order valence-corrected chi connectivity index (χ4v) is 4.45. The molecule has 0 aliphatic carbocycles. The predicted octanol–water partition coefficient (Wildman–Crippen LogP) is 0.544. The molecule has 170 valence electrons. The van der Waals surface area contributed by atoms with Gasteiger partial charge in [0.1, 0.15) is 24.5 Å². The SMILES string of the molecule is CC(C)N1CCN(C(=O)NC2CCCN(c3cc(N4CCOCC4)ncn3)C2)CC1=O. The Hall–Kier alpha value is -2.62. The van der Waals surface area contributed by atoms with Gasteiger partial charge in [0.25, 0.3) is 0 Å². The Kier molecular flexibility index (Phi) is 6.74. The minimum absolute atomic E-state index is 0.0123. The number of hydrogen-bond donors (Lipinski definition) is 1. The number of piperazine rings is 1. The summed E-state index contributed by atoms with van der Waals surface area (Å²) in [6.45, 7) is 10.0. The van der Waals surface area contributed by atoms with E-state index in [4.69, 9.17) is 4.74 Å². The molecule has 0 bridgehead atoms. The molecule has 10 heteroatoms. The lowest BCUT2D eigenvalue weighted by atomic mass is 10.1. The van der Waals surface area contributed by atoms with Crippen LogP contribution in [0.5, 0.6) is 0 Å². The van der Waals surface area contributed by atoms with E-state index in [9.17, 15) is 9.59 Å². The zero-order valence-corrected chi connectivity index (χ0v) is 18.5. The van der Waals surface area contributed by atoms with Crippen LogP contribution in [0.1, 0.15) is 26.7 Å². The molecule has 0 aromatic carbocycles. The first-order valence-electron chi connectivity index (χ1n) is 11.3. The van der Waals surface area contributed by atoms with E-state index in [0.29, 0.717) is 32.8 Å². The molecule has 1 aromatic heterocycles. The van der Waals surface area contributed by atoms with Crippen LogP contribution in [-0.4, -0.2) is 103 Å². The van der Waals surface area contributed by atoms with Crippen LogP contribution in [0.3, 0.4) is 0 Å². The molecule has 4 rings (SSSR count). The van der Waals surface area contributed by atoms with Gasteiger partial charge in [-0.15, -0.1) is 0 Å². The Morgan fingerprint density at radius 1 is 1.10 bits per heavy atom. The molecule has 0 saturated carbocycles. The molecule has 0 spiro atoms. The maximum Gasteiger partial charge on any atom is 0.318 e. The molecule has 3 aliphatic heterocycles. The summed E-state index contributed by atoms with van der Waals surface area (Å²) in [7, 11) is 0. The molecule has 3 aliphatic rings. The Balaban J connectivity index is 1.34. The van der Waals surface area contributed by atoms with Crippen molar-refractivity contribution in [3.63, 3.8) is 0 Å². The number of ether oxygens (including phenoxy) is 1. The summed E-state index contributed by atoms with van der Waals surface area (Å²) in [5.74, 6) is 1.82. The molecule has 3 saturated heterocycles. The van der Waals surface area contributed by atoms with Gasteiger partial charge < -0.3 is 29.7 Å². The van der Waals surface area contributed by atoms with Crippen molar-refractivity contribution < 1.29 is 14.3 Å². The largest absolute Gasteiger partial charge is 0.378 e. The molecule has 4 heterocycles. The zero-order chi connectivity index (χ0) is 21.8. The van der Waals surface area contributed by atoms with Gasteiger partial charge in [-0.25, -0.2) is 14.8 Å². The molecule has 31 heavy (non-hydrogen) atoms. The summed E-state index contributed by atoms with van der Waals surface area (Å²) in [5, 5.41) is 3.14. The van der Waals surface area contributed by atoms with E-state index < -0.39 is 0 Å². The van der Waals surface area contributed by atoms with Crippen LogP contribution in [0.4, 0.5) is 16.4 Å². The minimum Gasteiger partial charge on any atom is -0.378 e. The Labute approximate surface area is 183 Å². The van der Waals surface area contributed by atoms with Crippen molar-refractivity contribution in [1.82, 2.24) is 25.1 Å². The van der Waals surface area contributed by atoms with Crippen LogP contribution in [0, 0.1) is 0 Å². The van der Waals surface area contributed by atoms with Crippen LogP contribution in [0.15, 0.2) is 12.4 Å². The third-order valence-corrected chi connectivity index (χ3v) is 6.21. The molecular weight excluding hydrogens is 398 g/mol. The van der Waals surface area contributed by atoms with E-state index in [1.807, 2.05) is 24.8 Å². The highest BCUT2D eigenvalue weighted by Gasteiger charge is 2.30. The van der Waals surface area contributed by atoms with Gasteiger partial charge in [0.05, 0.1) is 13.2 Å². The molecule has 3 fully saturated rings. The molecule has 3 amide bonds. The maximum atomic E-state index is 12.8. The number of hydrogen-bond acceptors (Lipinski definition) is 7. The summed E-state index contributed by atoms with van der Waals surface area (Å²) < 4.78 is 5.43. The number of anilines is 2. The Morgan fingerprint density at radius 3 is 2.55 bits per heavy atom. The molecule has 1 aromatic rings. The van der Waals surface area contributed by atoms with Gasteiger partial charge in [0, 0.05) is 57.4 Å². The second-order valence-corrected chi connectivity index (χ2v) is 8.67. The maximum absolute atomic E-state index is 12.8. The lowest BCUT2D eigenvalue weighted by Gasteiger charge is -2.38. The number of aromatic nitrogens is 2. The standard InChI is InChI=1S/C21H33N7O3/c1-16(2)28-7-6-27(14-20(28)29)21(30)24-17-4-3-5-26(13-17)19-12-18(22-15-23-19)25-8-10-31-11-9-25/h12,15-17H,3-11,13-14H2,1-2H3,(H,24,30). The zero-order valence-electron chi connectivity index (χ0n) is 18.5. The quantitative estimate of drug-likeness (QED) is 0.744. The number of rotatable bonds is 4. The van der Waals surface area contributed by atoms with Crippen molar-refractivity contribution in [3.05, 3.63) is 12.4 Å². The average Bonchev–Trinajstić information content (AvgIpc) is 2.79. The van der Waals surface area contributed by atoms with Gasteiger partial charge in [-0.1, -0.05) is 0 Å². The number of amides is 3. The van der Waals surface area contributed by atoms with Gasteiger partial charge >= 0.3 is 6.03 Å². The Bertz CT molecular complexity index is 784. The summed E-state index contributed by atoms with van der Waals surface area (Å²) in [4.78, 5) is 41.9. The highest BCUT2D eigenvalue weighted by molar-refractivity contribution is 5.85. The molecule has 10 nitrogen and oxygen atoms in total. The van der Waals surface area contributed by atoms with E-state index in [-0.39, 0.29) is 30.6 Å². The predicted molar refractivity (Wildman–Crippen MR) is 117 cm³/mol. The molecular formula is C21H33N7O3. The molecule has 0 radical (unpaired) electrons. The number of nitrogens with zero attached hydrogens (tertiary/aromatic N) is 6. The number of carbonyl (C=O) groups is 2. The first kappa shape index (κ1) is 21.6. The van der Waals surface area contributed by atoms with Crippen molar-refractivity contribution in [2.24, 2.45) is 0 Å². The van der Waals surface area contributed by atoms with Gasteiger partial charge in [-0.2, -0.15) is 0 Å². The van der Waals surface area contributed by atoms with E-state index in [1.54, 1.807) is 11.2 Å². The summed E-state index contributed by atoms with van der Waals surface area (Å²) >= 11 is 0. The summed E-state index contributed by atoms with van der Waals surface area (Å²) in [6.07, 6.45) is 3.51.